The van der Waals surface area contributed by atoms with E-state index in [1.807, 2.05) is 19.1 Å². The number of piperazine rings is 1. The quantitative estimate of drug-likeness (QED) is 0.843. The first-order valence-corrected chi connectivity index (χ1v) is 9.91. The largest absolute Gasteiger partial charge is 0.497 e. The smallest absolute Gasteiger partial charge is 0.248 e. The lowest BCUT2D eigenvalue weighted by Gasteiger charge is -2.35. The van der Waals surface area contributed by atoms with E-state index in [9.17, 15) is 13.2 Å². The Bertz CT molecular complexity index is 958. The van der Waals surface area contributed by atoms with Gasteiger partial charge in [-0.2, -0.15) is 4.31 Å². The lowest BCUT2D eigenvalue weighted by atomic mass is 9.99. The molecule has 1 aliphatic rings. The molecule has 1 amide bonds. The van der Waals surface area contributed by atoms with Crippen LogP contribution in [-0.4, -0.2) is 45.9 Å². The minimum Gasteiger partial charge on any atom is -0.497 e. The molecule has 2 aromatic carbocycles. The second kappa shape index (κ2) is 7.58. The van der Waals surface area contributed by atoms with Crippen LogP contribution < -0.4 is 14.8 Å². The number of hydrogen-bond donors (Lipinski definition) is 1. The number of benzene rings is 2. The van der Waals surface area contributed by atoms with Crippen molar-refractivity contribution in [1.29, 1.82) is 0 Å². The molecule has 1 heterocycles. The maximum absolute atomic E-state index is 13.5. The summed E-state index contributed by atoms with van der Waals surface area (Å²) in [5, 5.41) is 2.76. The number of sulfonamides is 1. The predicted molar refractivity (Wildman–Crippen MR) is 100 cm³/mol. The number of nitrogens with one attached hydrogen (secondary N) is 1. The Hall–Kier alpha value is -2.58. The molecule has 27 heavy (non-hydrogen) atoms. The summed E-state index contributed by atoms with van der Waals surface area (Å²) in [6, 6.07) is 10.9. The van der Waals surface area contributed by atoms with Crippen molar-refractivity contribution >= 4 is 15.9 Å². The van der Waals surface area contributed by atoms with Gasteiger partial charge < -0.3 is 14.8 Å². The average Bonchev–Trinajstić information content (AvgIpc) is 2.68. The molecule has 0 radical (unpaired) electrons. The van der Waals surface area contributed by atoms with Crippen molar-refractivity contribution in [2.45, 2.75) is 17.9 Å². The van der Waals surface area contributed by atoms with Crippen LogP contribution in [0, 0.1) is 6.92 Å². The van der Waals surface area contributed by atoms with E-state index in [4.69, 9.17) is 9.47 Å². The molecule has 1 atom stereocenters. The fourth-order valence-corrected chi connectivity index (χ4v) is 4.95. The van der Waals surface area contributed by atoms with Crippen LogP contribution in [0.5, 0.6) is 11.5 Å². The summed E-state index contributed by atoms with van der Waals surface area (Å²) in [6.07, 6.45) is 0. The van der Waals surface area contributed by atoms with Gasteiger partial charge >= 0.3 is 0 Å². The third-order valence-electron chi connectivity index (χ3n) is 4.61. The van der Waals surface area contributed by atoms with Crippen LogP contribution in [0.25, 0.3) is 0 Å². The van der Waals surface area contributed by atoms with E-state index in [1.165, 1.54) is 24.6 Å². The van der Waals surface area contributed by atoms with E-state index >= 15 is 0 Å². The SMILES string of the molecule is COc1ccc(OC)c(S(=O)(=O)N2CCNC(=O)C2c2ccccc2C)c1. The van der Waals surface area contributed by atoms with Crippen LogP contribution in [0.2, 0.25) is 0 Å². The Kier molecular flexibility index (Phi) is 5.38. The number of ether oxygens (including phenoxy) is 2. The van der Waals surface area contributed by atoms with Gasteiger partial charge in [-0.15, -0.1) is 0 Å². The van der Waals surface area contributed by atoms with Crippen molar-refractivity contribution in [3.8, 4) is 11.5 Å². The molecule has 1 fully saturated rings. The summed E-state index contributed by atoms with van der Waals surface area (Å²) in [5.74, 6) is 0.245. The highest BCUT2D eigenvalue weighted by molar-refractivity contribution is 7.89. The summed E-state index contributed by atoms with van der Waals surface area (Å²) in [4.78, 5) is 12.6. The standard InChI is InChI=1S/C19H22N2O5S/c1-13-6-4-5-7-15(13)18-19(22)20-10-11-21(18)27(23,24)17-12-14(25-2)8-9-16(17)26-3/h4-9,12,18H,10-11H2,1-3H3,(H,20,22). The fraction of sp³-hybridized carbons (Fsp3) is 0.316. The molecular weight excluding hydrogens is 368 g/mol. The van der Waals surface area contributed by atoms with Gasteiger partial charge in [-0.3, -0.25) is 4.79 Å². The molecule has 3 rings (SSSR count). The Balaban J connectivity index is 2.14. The average molecular weight is 390 g/mol. The highest BCUT2D eigenvalue weighted by atomic mass is 32.2. The topological polar surface area (TPSA) is 84.9 Å². The maximum Gasteiger partial charge on any atom is 0.248 e. The Labute approximate surface area is 158 Å². The Morgan fingerprint density at radius 1 is 1.11 bits per heavy atom. The molecule has 2 aromatic rings. The van der Waals surface area contributed by atoms with Crippen molar-refractivity contribution in [2.24, 2.45) is 0 Å². The number of hydrogen-bond acceptors (Lipinski definition) is 5. The van der Waals surface area contributed by atoms with Crippen molar-refractivity contribution in [1.82, 2.24) is 9.62 Å². The first kappa shape index (κ1) is 19.2. The van der Waals surface area contributed by atoms with E-state index < -0.39 is 16.1 Å². The highest BCUT2D eigenvalue weighted by Crippen LogP contribution is 2.36. The van der Waals surface area contributed by atoms with Crippen LogP contribution in [0.1, 0.15) is 17.2 Å². The van der Waals surface area contributed by atoms with E-state index in [1.54, 1.807) is 24.3 Å². The second-order valence-electron chi connectivity index (χ2n) is 6.18. The van der Waals surface area contributed by atoms with Gasteiger partial charge in [-0.05, 0) is 30.2 Å². The van der Waals surface area contributed by atoms with Crippen LogP contribution in [0.3, 0.4) is 0 Å². The predicted octanol–water partition coefficient (Wildman–Crippen LogP) is 1.87. The van der Waals surface area contributed by atoms with Crippen molar-refractivity contribution in [3.63, 3.8) is 0 Å². The number of rotatable bonds is 5. The van der Waals surface area contributed by atoms with E-state index in [0.717, 1.165) is 5.56 Å². The van der Waals surface area contributed by atoms with Gasteiger partial charge in [0.1, 0.15) is 22.4 Å². The molecule has 1 N–H and O–H groups in total. The maximum atomic E-state index is 13.5. The summed E-state index contributed by atoms with van der Waals surface area (Å²) in [7, 11) is -1.15. The number of amides is 1. The van der Waals surface area contributed by atoms with Crippen LogP contribution in [-0.2, 0) is 14.8 Å². The Morgan fingerprint density at radius 2 is 1.85 bits per heavy atom. The number of aryl methyl sites for hydroxylation is 1. The lowest BCUT2D eigenvalue weighted by molar-refractivity contribution is -0.126. The molecular formula is C19H22N2O5S. The third-order valence-corrected chi connectivity index (χ3v) is 6.49. The fourth-order valence-electron chi connectivity index (χ4n) is 3.21. The molecule has 1 unspecified atom stereocenters. The third kappa shape index (κ3) is 3.50. The van der Waals surface area contributed by atoms with Crippen LogP contribution in [0.15, 0.2) is 47.4 Å². The molecule has 0 saturated carbocycles. The van der Waals surface area contributed by atoms with Gasteiger partial charge in [0.25, 0.3) is 0 Å². The van der Waals surface area contributed by atoms with E-state index in [-0.39, 0.29) is 29.6 Å². The molecule has 144 valence electrons. The first-order chi connectivity index (χ1) is 12.9. The molecule has 0 aromatic heterocycles. The molecule has 7 nitrogen and oxygen atoms in total. The summed E-state index contributed by atoms with van der Waals surface area (Å²) in [6.45, 7) is 2.26. The van der Waals surface area contributed by atoms with Gasteiger partial charge in [0.15, 0.2) is 0 Å². The molecule has 0 aliphatic carbocycles. The Morgan fingerprint density at radius 3 is 2.52 bits per heavy atom. The zero-order valence-corrected chi connectivity index (χ0v) is 16.2. The zero-order chi connectivity index (χ0) is 19.6. The number of carbonyl (C=O) groups excluding carboxylic acids is 1. The lowest BCUT2D eigenvalue weighted by Crippen LogP contribution is -2.52. The van der Waals surface area contributed by atoms with Crippen molar-refractivity contribution < 1.29 is 22.7 Å². The van der Waals surface area contributed by atoms with Crippen LogP contribution >= 0.6 is 0 Å². The minimum absolute atomic E-state index is 0.0300. The molecule has 1 aliphatic heterocycles. The molecule has 8 heteroatoms. The normalized spacial score (nSPS) is 18.0. The van der Waals surface area contributed by atoms with Crippen molar-refractivity contribution in [3.05, 3.63) is 53.6 Å². The van der Waals surface area contributed by atoms with Gasteiger partial charge in [0.05, 0.1) is 14.2 Å². The summed E-state index contributed by atoms with van der Waals surface area (Å²) in [5.41, 5.74) is 1.50. The van der Waals surface area contributed by atoms with E-state index in [2.05, 4.69) is 5.32 Å². The van der Waals surface area contributed by atoms with Crippen molar-refractivity contribution in [2.75, 3.05) is 27.3 Å². The van der Waals surface area contributed by atoms with Gasteiger partial charge in [-0.1, -0.05) is 24.3 Å². The summed E-state index contributed by atoms with van der Waals surface area (Å²) >= 11 is 0. The molecule has 0 spiro atoms. The number of nitrogens with zero attached hydrogens (tertiary/aromatic N) is 1. The number of methoxy groups -OCH3 is 2. The van der Waals surface area contributed by atoms with Crippen LogP contribution in [0.4, 0.5) is 0 Å². The zero-order valence-electron chi connectivity index (χ0n) is 15.4. The second-order valence-corrected chi connectivity index (χ2v) is 8.04. The highest BCUT2D eigenvalue weighted by Gasteiger charge is 2.41. The van der Waals surface area contributed by atoms with Gasteiger partial charge in [-0.25, -0.2) is 8.42 Å². The van der Waals surface area contributed by atoms with Gasteiger partial charge in [0, 0.05) is 19.2 Å². The minimum atomic E-state index is -4.02. The monoisotopic (exact) mass is 390 g/mol. The van der Waals surface area contributed by atoms with Gasteiger partial charge in [0.2, 0.25) is 15.9 Å². The van der Waals surface area contributed by atoms with E-state index in [0.29, 0.717) is 11.3 Å². The molecule has 1 saturated heterocycles. The molecule has 0 bridgehead atoms. The number of carbonyl (C=O) groups is 1. The first-order valence-electron chi connectivity index (χ1n) is 8.47. The summed E-state index contributed by atoms with van der Waals surface area (Å²) < 4.78 is 38.6.